The fraction of sp³-hybridized carbons (Fsp3) is 0.143. The van der Waals surface area contributed by atoms with E-state index < -0.39 is 11.6 Å². The van der Waals surface area contributed by atoms with E-state index >= 15 is 0 Å². The summed E-state index contributed by atoms with van der Waals surface area (Å²) in [5.41, 5.74) is 6.58. The molecule has 2 nitrogen and oxygen atoms in total. The van der Waals surface area contributed by atoms with Gasteiger partial charge >= 0.3 is 0 Å². The van der Waals surface area contributed by atoms with Gasteiger partial charge in [0.15, 0.2) is 0 Å². The molecule has 0 heterocycles. The van der Waals surface area contributed by atoms with Crippen molar-refractivity contribution in [1.29, 1.82) is 0 Å². The van der Waals surface area contributed by atoms with Crippen LogP contribution in [0.5, 0.6) is 11.5 Å². The van der Waals surface area contributed by atoms with Gasteiger partial charge in [-0.2, -0.15) is 0 Å². The molecule has 0 bridgehead atoms. The van der Waals surface area contributed by atoms with Crippen molar-refractivity contribution < 1.29 is 13.5 Å². The van der Waals surface area contributed by atoms with E-state index in [0.717, 1.165) is 23.8 Å². The van der Waals surface area contributed by atoms with Gasteiger partial charge in [-0.25, -0.2) is 8.78 Å². The first-order chi connectivity index (χ1) is 8.95. The van der Waals surface area contributed by atoms with E-state index in [4.69, 9.17) is 22.1 Å². The molecule has 0 radical (unpaired) electrons. The van der Waals surface area contributed by atoms with Crippen LogP contribution < -0.4 is 10.5 Å². The normalized spacial score (nSPS) is 12.3. The van der Waals surface area contributed by atoms with Gasteiger partial charge in [0.2, 0.25) is 0 Å². The molecule has 100 valence electrons. The molecule has 1 atom stereocenters. The summed E-state index contributed by atoms with van der Waals surface area (Å²) in [6.45, 7) is 1.83. The van der Waals surface area contributed by atoms with Gasteiger partial charge < -0.3 is 10.5 Å². The number of rotatable bonds is 3. The molecule has 0 spiro atoms. The molecule has 5 heteroatoms. The van der Waals surface area contributed by atoms with Crippen molar-refractivity contribution in [3.8, 4) is 11.5 Å². The Hall–Kier alpha value is -1.65. The van der Waals surface area contributed by atoms with Gasteiger partial charge in [0, 0.05) is 24.2 Å². The highest BCUT2D eigenvalue weighted by molar-refractivity contribution is 6.32. The zero-order valence-electron chi connectivity index (χ0n) is 10.2. The smallest absolute Gasteiger partial charge is 0.146 e. The molecule has 1 unspecified atom stereocenters. The Morgan fingerprint density at radius 2 is 1.74 bits per heavy atom. The summed E-state index contributed by atoms with van der Waals surface area (Å²) in [7, 11) is 0. The SMILES string of the molecule is CC(N)c1ccc(Oc2cc(F)cc(F)c2)c(Cl)c1. The number of hydrogen-bond donors (Lipinski definition) is 1. The van der Waals surface area contributed by atoms with Crippen LogP contribution in [0.15, 0.2) is 36.4 Å². The molecule has 0 aliphatic carbocycles. The summed E-state index contributed by atoms with van der Waals surface area (Å²) in [5, 5.41) is 0.333. The first kappa shape index (κ1) is 13.8. The van der Waals surface area contributed by atoms with Crippen LogP contribution in [0.25, 0.3) is 0 Å². The van der Waals surface area contributed by atoms with Crippen molar-refractivity contribution in [1.82, 2.24) is 0 Å². The molecule has 0 amide bonds. The Bertz CT molecular complexity index is 582. The molecule has 0 aliphatic rings. The molecule has 0 fully saturated rings. The van der Waals surface area contributed by atoms with E-state index in [0.29, 0.717) is 10.8 Å². The fourth-order valence-corrected chi connectivity index (χ4v) is 1.83. The molecule has 0 saturated heterocycles. The van der Waals surface area contributed by atoms with Crippen LogP contribution in [-0.4, -0.2) is 0 Å². The number of nitrogens with two attached hydrogens (primary N) is 1. The predicted octanol–water partition coefficient (Wildman–Crippen LogP) is 4.43. The second kappa shape index (κ2) is 5.55. The summed E-state index contributed by atoms with van der Waals surface area (Å²) in [6.07, 6.45) is 0. The van der Waals surface area contributed by atoms with Crippen molar-refractivity contribution in [2.75, 3.05) is 0 Å². The quantitative estimate of drug-likeness (QED) is 0.904. The van der Waals surface area contributed by atoms with Crippen LogP contribution >= 0.6 is 11.6 Å². The van der Waals surface area contributed by atoms with Crippen molar-refractivity contribution in [3.63, 3.8) is 0 Å². The minimum Gasteiger partial charge on any atom is -0.456 e. The lowest BCUT2D eigenvalue weighted by atomic mass is 10.1. The van der Waals surface area contributed by atoms with Crippen molar-refractivity contribution in [2.45, 2.75) is 13.0 Å². The van der Waals surface area contributed by atoms with Crippen LogP contribution in [0, 0.1) is 11.6 Å². The molecule has 2 aromatic rings. The summed E-state index contributed by atoms with van der Waals surface area (Å²) in [4.78, 5) is 0. The molecule has 19 heavy (non-hydrogen) atoms. The Labute approximate surface area is 114 Å². The highest BCUT2D eigenvalue weighted by Crippen LogP contribution is 2.31. The van der Waals surface area contributed by atoms with Crippen LogP contribution in [0.2, 0.25) is 5.02 Å². The molecule has 0 aliphatic heterocycles. The lowest BCUT2D eigenvalue weighted by Gasteiger charge is -2.11. The Morgan fingerprint density at radius 3 is 2.26 bits per heavy atom. The molecule has 0 saturated carbocycles. The Balaban J connectivity index is 2.28. The summed E-state index contributed by atoms with van der Waals surface area (Å²) in [5.74, 6) is -1.05. The lowest BCUT2D eigenvalue weighted by Crippen LogP contribution is -2.04. The van der Waals surface area contributed by atoms with Crippen LogP contribution in [0.1, 0.15) is 18.5 Å². The molecular formula is C14H12ClF2NO. The number of halogens is 3. The second-order valence-corrected chi connectivity index (χ2v) is 4.59. The molecule has 0 aromatic heterocycles. The Morgan fingerprint density at radius 1 is 1.11 bits per heavy atom. The number of benzene rings is 2. The minimum atomic E-state index is -0.710. The highest BCUT2D eigenvalue weighted by atomic mass is 35.5. The molecular weight excluding hydrogens is 272 g/mol. The van der Waals surface area contributed by atoms with E-state index in [-0.39, 0.29) is 11.8 Å². The first-order valence-electron chi connectivity index (χ1n) is 5.64. The summed E-state index contributed by atoms with van der Waals surface area (Å²) in [6, 6.07) is 7.81. The minimum absolute atomic E-state index is 0.0490. The maximum atomic E-state index is 13.0. The standard InChI is InChI=1S/C14H12ClF2NO/c1-8(18)9-2-3-14(13(15)4-9)19-12-6-10(16)5-11(17)7-12/h2-8H,18H2,1H3. The third-order valence-electron chi connectivity index (χ3n) is 2.55. The third-order valence-corrected chi connectivity index (χ3v) is 2.84. The second-order valence-electron chi connectivity index (χ2n) is 4.19. The topological polar surface area (TPSA) is 35.2 Å². The maximum Gasteiger partial charge on any atom is 0.146 e. The van der Waals surface area contributed by atoms with E-state index in [9.17, 15) is 8.78 Å². The zero-order chi connectivity index (χ0) is 14.0. The number of hydrogen-bond acceptors (Lipinski definition) is 2. The largest absolute Gasteiger partial charge is 0.456 e. The van der Waals surface area contributed by atoms with Gasteiger partial charge in [0.1, 0.15) is 23.1 Å². The van der Waals surface area contributed by atoms with Crippen molar-refractivity contribution in [2.24, 2.45) is 5.73 Å². The van der Waals surface area contributed by atoms with Crippen molar-refractivity contribution in [3.05, 3.63) is 58.6 Å². The molecule has 2 N–H and O–H groups in total. The van der Waals surface area contributed by atoms with Crippen LogP contribution in [0.3, 0.4) is 0 Å². The zero-order valence-corrected chi connectivity index (χ0v) is 10.9. The van der Waals surface area contributed by atoms with Crippen LogP contribution in [-0.2, 0) is 0 Å². The predicted molar refractivity (Wildman–Crippen MR) is 70.5 cm³/mol. The van der Waals surface area contributed by atoms with Gasteiger partial charge in [-0.3, -0.25) is 0 Å². The maximum absolute atomic E-state index is 13.0. The average molecular weight is 284 g/mol. The van der Waals surface area contributed by atoms with Gasteiger partial charge in [-0.15, -0.1) is 0 Å². The number of ether oxygens (including phenoxy) is 1. The summed E-state index contributed by atoms with van der Waals surface area (Å²) < 4.78 is 31.4. The van der Waals surface area contributed by atoms with Gasteiger partial charge in [0.05, 0.1) is 5.02 Å². The van der Waals surface area contributed by atoms with E-state index in [2.05, 4.69) is 0 Å². The van der Waals surface area contributed by atoms with Gasteiger partial charge in [0.25, 0.3) is 0 Å². The van der Waals surface area contributed by atoms with Crippen LogP contribution in [0.4, 0.5) is 8.78 Å². The van der Waals surface area contributed by atoms with Gasteiger partial charge in [-0.05, 0) is 24.6 Å². The van der Waals surface area contributed by atoms with Crippen molar-refractivity contribution >= 4 is 11.6 Å². The van der Waals surface area contributed by atoms with E-state index in [1.165, 1.54) is 0 Å². The van der Waals surface area contributed by atoms with E-state index in [1.807, 2.05) is 6.92 Å². The lowest BCUT2D eigenvalue weighted by molar-refractivity contribution is 0.468. The fourth-order valence-electron chi connectivity index (χ4n) is 1.60. The van der Waals surface area contributed by atoms with E-state index in [1.54, 1.807) is 18.2 Å². The molecule has 2 rings (SSSR count). The summed E-state index contributed by atoms with van der Waals surface area (Å²) >= 11 is 6.03. The molecule has 2 aromatic carbocycles. The highest BCUT2D eigenvalue weighted by Gasteiger charge is 2.08. The first-order valence-corrected chi connectivity index (χ1v) is 6.02. The average Bonchev–Trinajstić information content (AvgIpc) is 2.30. The third kappa shape index (κ3) is 3.43. The van der Waals surface area contributed by atoms with Gasteiger partial charge in [-0.1, -0.05) is 17.7 Å². The monoisotopic (exact) mass is 283 g/mol. The Kier molecular flexibility index (Phi) is 4.02.